The summed E-state index contributed by atoms with van der Waals surface area (Å²) in [7, 11) is 4.11. The van der Waals surface area contributed by atoms with Gasteiger partial charge in [-0.15, -0.1) is 0 Å². The van der Waals surface area contributed by atoms with Crippen LogP contribution in [0.1, 0.15) is 33.5 Å². The second-order valence-electron chi connectivity index (χ2n) is 7.67. The van der Waals surface area contributed by atoms with Gasteiger partial charge in [0.2, 0.25) is 0 Å². The maximum Gasteiger partial charge on any atom is 0.342 e. The summed E-state index contributed by atoms with van der Waals surface area (Å²) in [6.45, 7) is 6.09. The first-order chi connectivity index (χ1) is 14.0. The number of carbonyl (C=O) groups excluding carboxylic acids is 1. The second-order valence-corrected chi connectivity index (χ2v) is 7.67. The standard InChI is InChI=1S/C24H29N3O2/c1-17-13-18(2)22-20(14-17)23(25-11-8-12-27(3)4)21(15-26-22)24(28)29-16-19-9-6-5-7-10-19/h5-7,9-10,13-15H,8,11-12,16H2,1-4H3,(H,25,26). The Balaban J connectivity index is 1.89. The number of fused-ring (bicyclic) bond motifs is 1. The van der Waals surface area contributed by atoms with Crippen LogP contribution in [0.2, 0.25) is 0 Å². The molecule has 0 aliphatic heterocycles. The molecule has 0 fully saturated rings. The summed E-state index contributed by atoms with van der Waals surface area (Å²) >= 11 is 0. The van der Waals surface area contributed by atoms with Gasteiger partial charge in [0, 0.05) is 18.1 Å². The van der Waals surface area contributed by atoms with Crippen molar-refractivity contribution in [1.82, 2.24) is 9.88 Å². The average Bonchev–Trinajstić information content (AvgIpc) is 2.70. The topological polar surface area (TPSA) is 54.5 Å². The summed E-state index contributed by atoms with van der Waals surface area (Å²) in [5.41, 5.74) is 5.39. The Morgan fingerprint density at radius 1 is 1.14 bits per heavy atom. The molecule has 0 atom stereocenters. The van der Waals surface area contributed by atoms with Gasteiger partial charge in [0.1, 0.15) is 12.2 Å². The Kier molecular flexibility index (Phi) is 6.83. The number of aromatic nitrogens is 1. The Bertz CT molecular complexity index is 984. The van der Waals surface area contributed by atoms with Crippen LogP contribution in [-0.2, 0) is 11.3 Å². The number of hydrogen-bond donors (Lipinski definition) is 1. The van der Waals surface area contributed by atoms with E-state index in [2.05, 4.69) is 48.4 Å². The molecule has 1 heterocycles. The van der Waals surface area contributed by atoms with Crippen LogP contribution in [0.5, 0.6) is 0 Å². The first kappa shape index (κ1) is 20.8. The number of rotatable bonds is 8. The molecule has 0 aliphatic carbocycles. The van der Waals surface area contributed by atoms with Gasteiger partial charge in [-0.25, -0.2) is 4.79 Å². The summed E-state index contributed by atoms with van der Waals surface area (Å²) in [6, 6.07) is 13.9. The van der Waals surface area contributed by atoms with Gasteiger partial charge in [0.15, 0.2) is 0 Å². The van der Waals surface area contributed by atoms with Gasteiger partial charge < -0.3 is 15.0 Å². The summed E-state index contributed by atoms with van der Waals surface area (Å²) in [6.07, 6.45) is 2.60. The molecule has 0 amide bonds. The van der Waals surface area contributed by atoms with Crippen molar-refractivity contribution in [1.29, 1.82) is 0 Å². The molecular weight excluding hydrogens is 362 g/mol. The van der Waals surface area contributed by atoms with Gasteiger partial charge >= 0.3 is 5.97 Å². The molecule has 0 aliphatic rings. The van der Waals surface area contributed by atoms with Crippen molar-refractivity contribution in [2.24, 2.45) is 0 Å². The summed E-state index contributed by atoms with van der Waals surface area (Å²) in [5.74, 6) is -0.363. The van der Waals surface area contributed by atoms with Gasteiger partial charge in [0.05, 0.1) is 11.2 Å². The number of nitrogens with one attached hydrogen (secondary N) is 1. The van der Waals surface area contributed by atoms with Crippen LogP contribution in [0.4, 0.5) is 5.69 Å². The van der Waals surface area contributed by atoms with Crippen LogP contribution in [0.15, 0.2) is 48.7 Å². The van der Waals surface area contributed by atoms with E-state index in [1.807, 2.05) is 37.3 Å². The quantitative estimate of drug-likeness (QED) is 0.450. The molecule has 0 saturated carbocycles. The van der Waals surface area contributed by atoms with Crippen molar-refractivity contribution < 1.29 is 9.53 Å². The number of carbonyl (C=O) groups is 1. The van der Waals surface area contributed by atoms with Gasteiger partial charge in [-0.3, -0.25) is 4.98 Å². The molecule has 5 heteroatoms. The molecule has 0 spiro atoms. The van der Waals surface area contributed by atoms with E-state index < -0.39 is 0 Å². The molecule has 3 rings (SSSR count). The normalized spacial score (nSPS) is 11.1. The van der Waals surface area contributed by atoms with E-state index in [-0.39, 0.29) is 12.6 Å². The Hall–Kier alpha value is -2.92. The minimum Gasteiger partial charge on any atom is -0.457 e. The highest BCUT2D eigenvalue weighted by atomic mass is 16.5. The molecule has 0 radical (unpaired) electrons. The van der Waals surface area contributed by atoms with Crippen LogP contribution in [0.3, 0.4) is 0 Å². The number of pyridine rings is 1. The Labute approximate surface area is 172 Å². The maximum atomic E-state index is 12.9. The van der Waals surface area contributed by atoms with E-state index in [9.17, 15) is 4.79 Å². The number of ether oxygens (including phenoxy) is 1. The van der Waals surface area contributed by atoms with Crippen molar-refractivity contribution in [2.45, 2.75) is 26.9 Å². The highest BCUT2D eigenvalue weighted by Crippen LogP contribution is 2.30. The molecule has 0 saturated heterocycles. The van der Waals surface area contributed by atoms with Crippen LogP contribution in [-0.4, -0.2) is 43.0 Å². The third kappa shape index (κ3) is 5.33. The van der Waals surface area contributed by atoms with Gasteiger partial charge in [-0.1, -0.05) is 42.0 Å². The minimum atomic E-state index is -0.363. The molecule has 5 nitrogen and oxygen atoms in total. The van der Waals surface area contributed by atoms with Crippen LogP contribution in [0, 0.1) is 13.8 Å². The van der Waals surface area contributed by atoms with Crippen LogP contribution < -0.4 is 5.32 Å². The van der Waals surface area contributed by atoms with Crippen molar-refractivity contribution in [3.8, 4) is 0 Å². The maximum absolute atomic E-state index is 12.9. The molecule has 152 valence electrons. The van der Waals surface area contributed by atoms with Crippen LogP contribution in [0.25, 0.3) is 10.9 Å². The largest absolute Gasteiger partial charge is 0.457 e. The van der Waals surface area contributed by atoms with E-state index in [4.69, 9.17) is 4.74 Å². The predicted molar refractivity (Wildman–Crippen MR) is 118 cm³/mol. The number of aryl methyl sites for hydroxylation is 2. The molecule has 3 aromatic rings. The highest BCUT2D eigenvalue weighted by Gasteiger charge is 2.18. The van der Waals surface area contributed by atoms with Gasteiger partial charge in [-0.05, 0) is 58.1 Å². The fourth-order valence-corrected chi connectivity index (χ4v) is 3.42. The Morgan fingerprint density at radius 3 is 2.62 bits per heavy atom. The van der Waals surface area contributed by atoms with Crippen molar-refractivity contribution in [3.63, 3.8) is 0 Å². The zero-order valence-electron chi connectivity index (χ0n) is 17.7. The molecule has 0 unspecified atom stereocenters. The van der Waals surface area contributed by atoms with Crippen molar-refractivity contribution in [2.75, 3.05) is 32.5 Å². The molecule has 29 heavy (non-hydrogen) atoms. The first-order valence-electron chi connectivity index (χ1n) is 9.95. The van der Waals surface area contributed by atoms with E-state index >= 15 is 0 Å². The van der Waals surface area contributed by atoms with E-state index in [0.29, 0.717) is 5.56 Å². The van der Waals surface area contributed by atoms with E-state index in [1.54, 1.807) is 6.20 Å². The molecule has 1 N–H and O–H groups in total. The fraction of sp³-hybridized carbons (Fsp3) is 0.333. The highest BCUT2D eigenvalue weighted by molar-refractivity contribution is 6.05. The summed E-state index contributed by atoms with van der Waals surface area (Å²) in [4.78, 5) is 19.6. The SMILES string of the molecule is Cc1cc(C)c2ncc(C(=O)OCc3ccccc3)c(NCCCN(C)C)c2c1. The zero-order valence-corrected chi connectivity index (χ0v) is 17.7. The number of hydrogen-bond acceptors (Lipinski definition) is 5. The number of nitrogens with zero attached hydrogens (tertiary/aromatic N) is 2. The predicted octanol–water partition coefficient (Wildman–Crippen LogP) is 4.57. The van der Waals surface area contributed by atoms with Crippen molar-refractivity contribution in [3.05, 3.63) is 70.9 Å². The third-order valence-electron chi connectivity index (χ3n) is 4.82. The molecule has 0 bridgehead atoms. The summed E-state index contributed by atoms with van der Waals surface area (Å²) < 4.78 is 5.58. The number of anilines is 1. The monoisotopic (exact) mass is 391 g/mol. The fourth-order valence-electron chi connectivity index (χ4n) is 3.42. The lowest BCUT2D eigenvalue weighted by molar-refractivity contribution is 0.0473. The minimum absolute atomic E-state index is 0.241. The number of esters is 1. The first-order valence-corrected chi connectivity index (χ1v) is 9.95. The Morgan fingerprint density at radius 2 is 1.90 bits per heavy atom. The molecular formula is C24H29N3O2. The van der Waals surface area contributed by atoms with Crippen LogP contribution >= 0.6 is 0 Å². The molecule has 2 aromatic carbocycles. The third-order valence-corrected chi connectivity index (χ3v) is 4.82. The lowest BCUT2D eigenvalue weighted by Crippen LogP contribution is -2.18. The lowest BCUT2D eigenvalue weighted by atomic mass is 10.0. The average molecular weight is 392 g/mol. The molecule has 1 aromatic heterocycles. The van der Waals surface area contributed by atoms with E-state index in [0.717, 1.165) is 52.8 Å². The van der Waals surface area contributed by atoms with E-state index in [1.165, 1.54) is 0 Å². The van der Waals surface area contributed by atoms with Crippen molar-refractivity contribution >= 4 is 22.6 Å². The zero-order chi connectivity index (χ0) is 20.8. The van der Waals surface area contributed by atoms with Gasteiger partial charge in [-0.2, -0.15) is 0 Å². The van der Waals surface area contributed by atoms with Gasteiger partial charge in [0.25, 0.3) is 0 Å². The number of benzene rings is 2. The second kappa shape index (κ2) is 9.52. The lowest BCUT2D eigenvalue weighted by Gasteiger charge is -2.17. The smallest absolute Gasteiger partial charge is 0.342 e. The summed E-state index contributed by atoms with van der Waals surface area (Å²) in [5, 5.41) is 4.44.